The number of phenols is 1. The van der Waals surface area contributed by atoms with Crippen LogP contribution in [0.25, 0.3) is 4.91 Å². The summed E-state index contributed by atoms with van der Waals surface area (Å²) in [5, 5.41) is 15.2. The maximum absolute atomic E-state index is 12.5. The molecular weight excluding hydrogens is 350 g/mol. The van der Waals surface area contributed by atoms with Crippen molar-refractivity contribution in [2.24, 2.45) is 0 Å². The molecule has 7 heteroatoms. The zero-order valence-corrected chi connectivity index (χ0v) is 15.0. The maximum atomic E-state index is 12.5. The molecule has 2 amide bonds. The number of allylic oxidation sites excluding steroid dienone is 1. The minimum absolute atomic E-state index is 0.179. The summed E-state index contributed by atoms with van der Waals surface area (Å²) >= 11 is 1.77. The van der Waals surface area contributed by atoms with Crippen molar-refractivity contribution < 1.29 is 14.7 Å². The van der Waals surface area contributed by atoms with E-state index in [2.05, 4.69) is 16.7 Å². The van der Waals surface area contributed by atoms with Gasteiger partial charge in [-0.2, -0.15) is 0 Å². The molecule has 0 fully saturated rings. The number of carbonyl (C=O) groups excluding carboxylic acids is 2. The van der Waals surface area contributed by atoms with Gasteiger partial charge in [0.1, 0.15) is 5.75 Å². The second kappa shape index (κ2) is 7.53. The average Bonchev–Trinajstić information content (AvgIpc) is 3.12. The van der Waals surface area contributed by atoms with Crippen molar-refractivity contribution in [3.63, 3.8) is 0 Å². The minimum Gasteiger partial charge on any atom is -0.506 e. The van der Waals surface area contributed by atoms with E-state index in [9.17, 15) is 14.7 Å². The van der Waals surface area contributed by atoms with Gasteiger partial charge < -0.3 is 21.5 Å². The lowest BCUT2D eigenvalue weighted by Crippen LogP contribution is -2.14. The highest BCUT2D eigenvalue weighted by atomic mass is 32.2. The van der Waals surface area contributed by atoms with Crippen LogP contribution < -0.4 is 16.4 Å². The first kappa shape index (κ1) is 17.9. The molecule has 0 unspecified atom stereocenters. The molecule has 0 radical (unpaired) electrons. The van der Waals surface area contributed by atoms with E-state index in [0.29, 0.717) is 11.4 Å². The van der Waals surface area contributed by atoms with Crippen LogP contribution in [-0.2, 0) is 4.79 Å². The van der Waals surface area contributed by atoms with E-state index < -0.39 is 5.91 Å². The summed E-state index contributed by atoms with van der Waals surface area (Å²) in [6, 6.07) is 9.85. The molecule has 1 aliphatic heterocycles. The Balaban J connectivity index is 1.80. The van der Waals surface area contributed by atoms with Crippen LogP contribution >= 0.6 is 11.8 Å². The highest BCUT2D eigenvalue weighted by Crippen LogP contribution is 2.36. The van der Waals surface area contributed by atoms with Gasteiger partial charge in [0, 0.05) is 23.1 Å². The van der Waals surface area contributed by atoms with Crippen LogP contribution in [0.15, 0.2) is 42.5 Å². The average molecular weight is 369 g/mol. The van der Waals surface area contributed by atoms with Crippen LogP contribution in [0, 0.1) is 0 Å². The number of aromatic hydroxyl groups is 1. The number of carbonyl (C=O) groups is 2. The van der Waals surface area contributed by atoms with Crippen LogP contribution in [0.2, 0.25) is 0 Å². The fourth-order valence-corrected chi connectivity index (χ4v) is 3.58. The van der Waals surface area contributed by atoms with Gasteiger partial charge in [0.2, 0.25) is 5.91 Å². The van der Waals surface area contributed by atoms with E-state index in [-0.39, 0.29) is 22.9 Å². The van der Waals surface area contributed by atoms with Crippen molar-refractivity contribution in [1.29, 1.82) is 0 Å². The first-order valence-corrected chi connectivity index (χ1v) is 9.07. The van der Waals surface area contributed by atoms with Crippen molar-refractivity contribution in [1.82, 2.24) is 0 Å². The lowest BCUT2D eigenvalue weighted by atomic mass is 10.1. The fraction of sp³-hybridized carbons (Fsp3) is 0.158. The topological polar surface area (TPSA) is 104 Å². The zero-order chi connectivity index (χ0) is 18.7. The Morgan fingerprint density at radius 1 is 1.12 bits per heavy atom. The van der Waals surface area contributed by atoms with Gasteiger partial charge in [-0.05, 0) is 42.3 Å². The Kier molecular flexibility index (Phi) is 5.18. The summed E-state index contributed by atoms with van der Waals surface area (Å²) in [5.41, 5.74) is 8.49. The predicted molar refractivity (Wildman–Crippen MR) is 106 cm³/mol. The molecule has 0 spiro atoms. The fourth-order valence-electron chi connectivity index (χ4n) is 2.60. The van der Waals surface area contributed by atoms with Crippen LogP contribution in [-0.4, -0.2) is 22.7 Å². The van der Waals surface area contributed by atoms with Gasteiger partial charge in [-0.15, -0.1) is 11.8 Å². The van der Waals surface area contributed by atoms with Gasteiger partial charge in [-0.1, -0.05) is 12.1 Å². The van der Waals surface area contributed by atoms with Crippen molar-refractivity contribution in [2.45, 2.75) is 13.3 Å². The van der Waals surface area contributed by atoms with Gasteiger partial charge in [-0.25, -0.2) is 0 Å². The highest BCUT2D eigenvalue weighted by molar-refractivity contribution is 8.08. The molecule has 2 aromatic rings. The van der Waals surface area contributed by atoms with Gasteiger partial charge in [0.05, 0.1) is 17.1 Å². The van der Waals surface area contributed by atoms with Gasteiger partial charge >= 0.3 is 0 Å². The number of amides is 2. The normalized spacial score (nSPS) is 13.2. The van der Waals surface area contributed by atoms with Crippen LogP contribution in [0.1, 0.15) is 29.3 Å². The molecule has 1 heterocycles. The number of rotatable bonds is 4. The minimum atomic E-state index is -0.397. The largest absolute Gasteiger partial charge is 0.506 e. The molecule has 134 valence electrons. The third kappa shape index (κ3) is 4.00. The summed E-state index contributed by atoms with van der Waals surface area (Å²) in [5.74, 6) is 0.177. The molecule has 5 N–H and O–H groups in total. The van der Waals surface area contributed by atoms with Crippen molar-refractivity contribution in [3.05, 3.63) is 53.6 Å². The number of nitrogens with two attached hydrogens (primary N) is 1. The Bertz CT molecular complexity index is 909. The Morgan fingerprint density at radius 3 is 2.58 bits per heavy atom. The van der Waals surface area contributed by atoms with Crippen LogP contribution in [0.3, 0.4) is 0 Å². The maximum Gasteiger partial charge on any atom is 0.255 e. The van der Waals surface area contributed by atoms with Crippen molar-refractivity contribution in [3.8, 4) is 5.75 Å². The molecule has 0 aliphatic carbocycles. The van der Waals surface area contributed by atoms with E-state index in [1.807, 2.05) is 12.1 Å². The zero-order valence-electron chi connectivity index (χ0n) is 14.2. The van der Waals surface area contributed by atoms with Gasteiger partial charge in [0.15, 0.2) is 0 Å². The number of hydrogen-bond donors (Lipinski definition) is 4. The summed E-state index contributed by atoms with van der Waals surface area (Å²) in [4.78, 5) is 24.8. The Morgan fingerprint density at radius 2 is 1.92 bits per heavy atom. The SMILES string of the molecule is CC(=O)Nc1ccc(C(=O)Nc2cc(C3=CCCS3)ccc2N)cc1O. The standard InChI is InChI=1S/C19H19N3O3S/c1-11(23)21-15-7-5-13(10-17(15)24)19(25)22-16-9-12(4-6-14(16)20)18-3-2-8-26-18/h3-7,9-10,24H,2,8,20H2,1H3,(H,21,23)(H,22,25). The smallest absolute Gasteiger partial charge is 0.255 e. The molecule has 26 heavy (non-hydrogen) atoms. The molecule has 0 aromatic heterocycles. The number of benzene rings is 2. The molecule has 6 nitrogen and oxygen atoms in total. The van der Waals surface area contributed by atoms with Crippen molar-refractivity contribution >= 4 is 45.5 Å². The molecule has 0 atom stereocenters. The number of nitrogen functional groups attached to an aromatic ring is 1. The van der Waals surface area contributed by atoms with Gasteiger partial charge in [0.25, 0.3) is 5.91 Å². The summed E-state index contributed by atoms with van der Waals surface area (Å²) in [7, 11) is 0. The molecule has 0 saturated heterocycles. The highest BCUT2D eigenvalue weighted by Gasteiger charge is 2.14. The summed E-state index contributed by atoms with van der Waals surface area (Å²) in [6.07, 6.45) is 3.20. The number of nitrogens with one attached hydrogen (secondary N) is 2. The van der Waals surface area contributed by atoms with E-state index in [4.69, 9.17) is 5.73 Å². The number of hydrogen-bond acceptors (Lipinski definition) is 5. The van der Waals surface area contributed by atoms with Gasteiger partial charge in [-0.3, -0.25) is 9.59 Å². The van der Waals surface area contributed by atoms with E-state index in [0.717, 1.165) is 17.7 Å². The molecule has 1 aliphatic rings. The number of anilines is 3. The van der Waals surface area contributed by atoms with Crippen molar-refractivity contribution in [2.75, 3.05) is 22.1 Å². The molecule has 2 aromatic carbocycles. The monoisotopic (exact) mass is 369 g/mol. The second-order valence-corrected chi connectivity index (χ2v) is 7.01. The lowest BCUT2D eigenvalue weighted by molar-refractivity contribution is -0.114. The van der Waals surface area contributed by atoms with E-state index in [1.54, 1.807) is 17.8 Å². The summed E-state index contributed by atoms with van der Waals surface area (Å²) < 4.78 is 0. The third-order valence-electron chi connectivity index (χ3n) is 3.86. The first-order chi connectivity index (χ1) is 12.4. The lowest BCUT2D eigenvalue weighted by Gasteiger charge is -2.12. The quantitative estimate of drug-likeness (QED) is 0.486. The van der Waals surface area contributed by atoms with E-state index in [1.165, 1.54) is 30.0 Å². The molecule has 3 rings (SSSR count). The number of thioether (sulfide) groups is 1. The van der Waals surface area contributed by atoms with E-state index >= 15 is 0 Å². The summed E-state index contributed by atoms with van der Waals surface area (Å²) in [6.45, 7) is 1.34. The predicted octanol–water partition coefficient (Wildman–Crippen LogP) is 3.66. The molecule has 0 saturated carbocycles. The first-order valence-electron chi connectivity index (χ1n) is 8.09. The molecule has 0 bridgehead atoms. The molecular formula is C19H19N3O3S. The Hall–Kier alpha value is -2.93. The second-order valence-electron chi connectivity index (χ2n) is 5.87. The van der Waals surface area contributed by atoms with Crippen LogP contribution in [0.5, 0.6) is 5.75 Å². The van der Waals surface area contributed by atoms with Crippen LogP contribution in [0.4, 0.5) is 17.1 Å². The Labute approximate surface area is 155 Å². The third-order valence-corrected chi connectivity index (χ3v) is 5.01. The number of phenolic OH excluding ortho intramolecular Hbond substituents is 1.